The molecule has 1 saturated heterocycles. The molecular weight excluding hydrogens is 294 g/mol. The maximum atomic E-state index is 12.1. The number of H-pyrrole nitrogens is 1. The predicted octanol–water partition coefficient (Wildman–Crippen LogP) is -0.717. The summed E-state index contributed by atoms with van der Waals surface area (Å²) in [7, 11) is 2.30. The number of aryl methyl sites for hydroxylation is 1. The third kappa shape index (κ3) is 2.41. The zero-order valence-electron chi connectivity index (χ0n) is 11.9. The molecule has 0 radical (unpaired) electrons. The molecule has 0 aliphatic carbocycles. The maximum Gasteiger partial charge on any atom is 0.332 e. The number of aromatic amines is 1. The smallest absolute Gasteiger partial charge is 0.332 e. The third-order valence-corrected chi connectivity index (χ3v) is 5.21. The van der Waals surface area contributed by atoms with Gasteiger partial charge < -0.3 is 10.3 Å². The minimum atomic E-state index is -0.717. The van der Waals surface area contributed by atoms with Crippen molar-refractivity contribution in [3.05, 3.63) is 20.8 Å². The number of aromatic nitrogens is 4. The van der Waals surface area contributed by atoms with Crippen molar-refractivity contribution >= 4 is 27.9 Å². The van der Waals surface area contributed by atoms with Crippen LogP contribution in [0, 0.1) is 0 Å². The van der Waals surface area contributed by atoms with Gasteiger partial charge in [0.2, 0.25) is 5.95 Å². The number of rotatable bonds is 2. The molecule has 0 saturated carbocycles. The van der Waals surface area contributed by atoms with E-state index in [1.54, 1.807) is 7.05 Å². The Kier molecular flexibility index (Phi) is 3.44. The zero-order chi connectivity index (χ0) is 15.1. The fourth-order valence-corrected chi connectivity index (χ4v) is 3.82. The van der Waals surface area contributed by atoms with Crippen LogP contribution in [-0.2, 0) is 24.9 Å². The lowest BCUT2D eigenvalue weighted by atomic mass is 10.2. The van der Waals surface area contributed by atoms with Gasteiger partial charge in [0.05, 0.1) is 0 Å². The number of hydrogen-bond donors (Lipinski definition) is 2. The Hall–Kier alpha value is -1.90. The van der Waals surface area contributed by atoms with E-state index in [4.69, 9.17) is 0 Å². The first-order valence-electron chi connectivity index (χ1n) is 6.74. The minimum absolute atomic E-state index is 0.184. The van der Waals surface area contributed by atoms with E-state index >= 15 is 0 Å². The highest BCUT2D eigenvalue weighted by atomic mass is 32.2. The first-order valence-corrected chi connectivity index (χ1v) is 8.23. The Morgan fingerprint density at radius 2 is 1.90 bits per heavy atom. The summed E-state index contributed by atoms with van der Waals surface area (Å²) >= 11 is 0. The lowest BCUT2D eigenvalue weighted by molar-refractivity contribution is 0.621. The van der Waals surface area contributed by atoms with E-state index in [9.17, 15) is 13.8 Å². The molecule has 1 aliphatic rings. The van der Waals surface area contributed by atoms with Gasteiger partial charge in [-0.3, -0.25) is 18.1 Å². The van der Waals surface area contributed by atoms with Gasteiger partial charge in [-0.1, -0.05) is 0 Å². The first-order chi connectivity index (χ1) is 9.97. The second-order valence-corrected chi connectivity index (χ2v) is 6.95. The molecule has 21 heavy (non-hydrogen) atoms. The molecule has 1 fully saturated rings. The molecule has 0 bridgehead atoms. The first kappa shape index (κ1) is 14.1. The van der Waals surface area contributed by atoms with Crippen LogP contribution in [0.1, 0.15) is 12.8 Å². The van der Waals surface area contributed by atoms with Crippen molar-refractivity contribution in [3.63, 3.8) is 0 Å². The normalized spacial score (nSPS) is 22.6. The molecule has 3 rings (SSSR count). The average molecular weight is 311 g/mol. The Morgan fingerprint density at radius 3 is 2.57 bits per heavy atom. The number of nitrogens with zero attached hydrogens (tertiary/aromatic N) is 3. The zero-order valence-corrected chi connectivity index (χ0v) is 12.7. The second-order valence-electron chi connectivity index (χ2n) is 5.26. The monoisotopic (exact) mass is 311 g/mol. The van der Waals surface area contributed by atoms with E-state index in [0.29, 0.717) is 28.6 Å². The summed E-state index contributed by atoms with van der Waals surface area (Å²) in [5, 5.41) is 3.22. The van der Waals surface area contributed by atoms with Gasteiger partial charge in [0.25, 0.3) is 5.56 Å². The van der Waals surface area contributed by atoms with Crippen LogP contribution in [-0.4, -0.2) is 40.9 Å². The lowest BCUT2D eigenvalue weighted by Gasteiger charge is -2.21. The van der Waals surface area contributed by atoms with E-state index in [1.807, 2.05) is 0 Å². The lowest BCUT2D eigenvalue weighted by Crippen LogP contribution is -2.36. The van der Waals surface area contributed by atoms with Gasteiger partial charge in [0.1, 0.15) is 0 Å². The van der Waals surface area contributed by atoms with Crippen molar-refractivity contribution in [2.75, 3.05) is 16.8 Å². The van der Waals surface area contributed by atoms with Crippen molar-refractivity contribution in [2.24, 2.45) is 14.1 Å². The van der Waals surface area contributed by atoms with Crippen LogP contribution in [0.25, 0.3) is 11.2 Å². The van der Waals surface area contributed by atoms with Gasteiger partial charge >= 0.3 is 5.69 Å². The van der Waals surface area contributed by atoms with E-state index in [1.165, 1.54) is 11.6 Å². The standard InChI is InChI=1S/C12H17N5O3S/c1-16-9-8(10(18)17(2)12(16)19)14-11(15-9)13-7-3-5-21(20)6-4-7/h7H,3-6H2,1-2H3,(H2,13,14,15). The summed E-state index contributed by atoms with van der Waals surface area (Å²) in [5.41, 5.74) is -0.150. The number of anilines is 1. The van der Waals surface area contributed by atoms with Crippen LogP contribution < -0.4 is 16.6 Å². The molecule has 2 aromatic heterocycles. The Bertz CT molecular complexity index is 824. The molecule has 0 atom stereocenters. The summed E-state index contributed by atoms with van der Waals surface area (Å²) in [6.45, 7) is 0. The molecule has 2 N–H and O–H groups in total. The summed E-state index contributed by atoms with van der Waals surface area (Å²) in [5.74, 6) is 1.83. The van der Waals surface area contributed by atoms with Crippen molar-refractivity contribution in [3.8, 4) is 0 Å². The van der Waals surface area contributed by atoms with Crippen LogP contribution in [0.3, 0.4) is 0 Å². The number of imidazole rings is 1. The van der Waals surface area contributed by atoms with Crippen molar-refractivity contribution in [1.29, 1.82) is 0 Å². The molecule has 1 aliphatic heterocycles. The Morgan fingerprint density at radius 1 is 1.24 bits per heavy atom. The average Bonchev–Trinajstić information content (AvgIpc) is 2.89. The summed E-state index contributed by atoms with van der Waals surface area (Å²) < 4.78 is 13.7. The van der Waals surface area contributed by atoms with Gasteiger partial charge in [0.15, 0.2) is 11.2 Å². The predicted molar refractivity (Wildman–Crippen MR) is 81.1 cm³/mol. The second kappa shape index (κ2) is 5.14. The molecule has 0 spiro atoms. The summed E-state index contributed by atoms with van der Waals surface area (Å²) in [4.78, 5) is 31.2. The maximum absolute atomic E-state index is 12.1. The van der Waals surface area contributed by atoms with E-state index < -0.39 is 22.0 Å². The quantitative estimate of drug-likeness (QED) is 0.762. The van der Waals surface area contributed by atoms with Gasteiger partial charge in [-0.05, 0) is 12.8 Å². The van der Waals surface area contributed by atoms with Crippen molar-refractivity contribution < 1.29 is 4.21 Å². The number of fused-ring (bicyclic) bond motifs is 1. The van der Waals surface area contributed by atoms with Crippen LogP contribution in [0.5, 0.6) is 0 Å². The van der Waals surface area contributed by atoms with Gasteiger partial charge in [0, 0.05) is 42.4 Å². The molecule has 3 heterocycles. The SMILES string of the molecule is Cn1c(=O)c2[nH]c(NC3CCS(=O)CC3)nc2n(C)c1=O. The third-order valence-electron chi connectivity index (χ3n) is 3.82. The molecule has 9 heteroatoms. The molecule has 0 amide bonds. The molecular formula is C12H17N5O3S. The van der Waals surface area contributed by atoms with E-state index in [2.05, 4.69) is 15.3 Å². The highest BCUT2D eigenvalue weighted by Gasteiger charge is 2.20. The van der Waals surface area contributed by atoms with Gasteiger partial charge in [-0.2, -0.15) is 4.98 Å². The summed E-state index contributed by atoms with van der Waals surface area (Å²) in [6.07, 6.45) is 1.61. The largest absolute Gasteiger partial charge is 0.353 e. The highest BCUT2D eigenvalue weighted by Crippen LogP contribution is 2.15. The van der Waals surface area contributed by atoms with Crippen LogP contribution in [0.4, 0.5) is 5.95 Å². The molecule has 8 nitrogen and oxygen atoms in total. The molecule has 114 valence electrons. The number of hydrogen-bond acceptors (Lipinski definition) is 5. The summed E-state index contributed by atoms with van der Waals surface area (Å²) in [6, 6.07) is 0.184. The van der Waals surface area contributed by atoms with E-state index in [0.717, 1.165) is 17.4 Å². The topological polar surface area (TPSA) is 102 Å². The fraction of sp³-hybridized carbons (Fsp3) is 0.583. The van der Waals surface area contributed by atoms with Crippen LogP contribution in [0.15, 0.2) is 9.59 Å². The fourth-order valence-electron chi connectivity index (χ4n) is 2.53. The van der Waals surface area contributed by atoms with E-state index in [-0.39, 0.29) is 6.04 Å². The molecule has 0 unspecified atom stereocenters. The number of nitrogens with one attached hydrogen (secondary N) is 2. The molecule has 0 aromatic carbocycles. The highest BCUT2D eigenvalue weighted by molar-refractivity contribution is 7.85. The Balaban J connectivity index is 1.97. The molecule has 2 aromatic rings. The van der Waals surface area contributed by atoms with Crippen LogP contribution in [0.2, 0.25) is 0 Å². The van der Waals surface area contributed by atoms with Gasteiger partial charge in [-0.25, -0.2) is 4.79 Å². The van der Waals surface area contributed by atoms with Crippen LogP contribution >= 0.6 is 0 Å². The Labute approximate surface area is 122 Å². The van der Waals surface area contributed by atoms with Gasteiger partial charge in [-0.15, -0.1) is 0 Å². The van der Waals surface area contributed by atoms with Crippen molar-refractivity contribution in [1.82, 2.24) is 19.1 Å². The van der Waals surface area contributed by atoms with Crippen molar-refractivity contribution in [2.45, 2.75) is 18.9 Å². The minimum Gasteiger partial charge on any atom is -0.353 e.